The summed E-state index contributed by atoms with van der Waals surface area (Å²) in [6.45, 7) is 7.63. The van der Waals surface area contributed by atoms with Crippen LogP contribution in [0, 0.1) is 11.2 Å². The van der Waals surface area contributed by atoms with Crippen molar-refractivity contribution >= 4 is 33.2 Å². The van der Waals surface area contributed by atoms with Gasteiger partial charge in [0.2, 0.25) is 10.0 Å². The van der Waals surface area contributed by atoms with Crippen molar-refractivity contribution in [2.75, 3.05) is 7.05 Å². The summed E-state index contributed by atoms with van der Waals surface area (Å²) in [5.74, 6) is -0.845. The van der Waals surface area contributed by atoms with E-state index in [1.807, 2.05) is 27.7 Å². The van der Waals surface area contributed by atoms with Crippen LogP contribution in [0.5, 0.6) is 0 Å². The van der Waals surface area contributed by atoms with E-state index in [-0.39, 0.29) is 32.8 Å². The first kappa shape index (κ1) is 18.7. The SMILES string of the molecule is CC(N(C)S(=O)(=O)c1cc(F)c(Cl)c(CCl)c1)C(C)(C)C. The van der Waals surface area contributed by atoms with Gasteiger partial charge in [0.15, 0.2) is 0 Å². The van der Waals surface area contributed by atoms with E-state index >= 15 is 0 Å². The normalized spacial score (nSPS) is 14.5. The largest absolute Gasteiger partial charge is 0.243 e. The third-order valence-electron chi connectivity index (χ3n) is 3.70. The van der Waals surface area contributed by atoms with E-state index in [0.717, 1.165) is 6.07 Å². The molecule has 0 saturated heterocycles. The molecule has 0 bridgehead atoms. The molecule has 1 atom stereocenters. The molecule has 21 heavy (non-hydrogen) atoms. The fraction of sp³-hybridized carbons (Fsp3) is 0.571. The Morgan fingerprint density at radius 2 is 1.86 bits per heavy atom. The fourth-order valence-electron chi connectivity index (χ4n) is 1.78. The first-order chi connectivity index (χ1) is 9.42. The van der Waals surface area contributed by atoms with Crippen molar-refractivity contribution in [2.45, 2.75) is 44.5 Å². The van der Waals surface area contributed by atoms with Crippen molar-refractivity contribution < 1.29 is 12.8 Å². The molecule has 0 heterocycles. The molecule has 1 rings (SSSR count). The molecule has 0 aliphatic heterocycles. The first-order valence-electron chi connectivity index (χ1n) is 6.44. The zero-order valence-corrected chi connectivity index (χ0v) is 15.1. The summed E-state index contributed by atoms with van der Waals surface area (Å²) in [5.41, 5.74) is 0.0102. The standard InChI is InChI=1S/C14H20Cl2FNO2S/c1-9(14(2,3)4)18(5)21(19,20)11-6-10(8-15)13(16)12(17)7-11/h6-7,9H,8H2,1-5H3. The molecule has 0 saturated carbocycles. The Morgan fingerprint density at radius 3 is 2.29 bits per heavy atom. The topological polar surface area (TPSA) is 37.4 Å². The number of halogens is 3. The molecule has 1 unspecified atom stereocenters. The average Bonchev–Trinajstić information content (AvgIpc) is 2.38. The van der Waals surface area contributed by atoms with Gasteiger partial charge in [0, 0.05) is 19.0 Å². The van der Waals surface area contributed by atoms with Gasteiger partial charge < -0.3 is 0 Å². The molecule has 1 aromatic rings. The van der Waals surface area contributed by atoms with E-state index in [1.165, 1.54) is 17.4 Å². The first-order valence-corrected chi connectivity index (χ1v) is 8.80. The Morgan fingerprint density at radius 1 is 1.33 bits per heavy atom. The zero-order valence-electron chi connectivity index (χ0n) is 12.7. The number of sulfonamides is 1. The fourth-order valence-corrected chi connectivity index (χ4v) is 3.85. The monoisotopic (exact) mass is 355 g/mol. The molecular formula is C14H20Cl2FNO2S. The van der Waals surface area contributed by atoms with Gasteiger partial charge in [0.25, 0.3) is 0 Å². The highest BCUT2D eigenvalue weighted by atomic mass is 35.5. The van der Waals surface area contributed by atoms with Crippen LogP contribution in [0.3, 0.4) is 0 Å². The van der Waals surface area contributed by atoms with Gasteiger partial charge in [0.05, 0.1) is 9.92 Å². The summed E-state index contributed by atoms with van der Waals surface area (Å²) in [6.07, 6.45) is 0. The molecule has 0 radical (unpaired) electrons. The second kappa shape index (κ2) is 6.41. The third kappa shape index (κ3) is 3.89. The lowest BCUT2D eigenvalue weighted by Crippen LogP contribution is -2.42. The number of hydrogen-bond acceptors (Lipinski definition) is 2. The molecular weight excluding hydrogens is 336 g/mol. The van der Waals surface area contributed by atoms with Crippen LogP contribution in [-0.2, 0) is 15.9 Å². The van der Waals surface area contributed by atoms with Crippen LogP contribution in [0.4, 0.5) is 4.39 Å². The maximum absolute atomic E-state index is 13.8. The second-order valence-corrected chi connectivity index (χ2v) is 8.72. The Labute approximate surface area is 136 Å². The highest BCUT2D eigenvalue weighted by molar-refractivity contribution is 7.89. The van der Waals surface area contributed by atoms with Gasteiger partial charge in [-0.2, -0.15) is 4.31 Å². The number of alkyl halides is 1. The van der Waals surface area contributed by atoms with E-state index in [9.17, 15) is 12.8 Å². The molecule has 0 N–H and O–H groups in total. The maximum atomic E-state index is 13.8. The predicted molar refractivity (Wildman–Crippen MR) is 84.8 cm³/mol. The molecule has 0 aliphatic carbocycles. The summed E-state index contributed by atoms with van der Waals surface area (Å²) in [5, 5.41) is -0.143. The van der Waals surface area contributed by atoms with Gasteiger partial charge in [-0.3, -0.25) is 0 Å². The van der Waals surface area contributed by atoms with Gasteiger partial charge >= 0.3 is 0 Å². The lowest BCUT2D eigenvalue weighted by Gasteiger charge is -2.34. The third-order valence-corrected chi connectivity index (χ3v) is 6.31. The molecule has 0 aliphatic rings. The molecule has 7 heteroatoms. The number of rotatable bonds is 4. The van der Waals surface area contributed by atoms with Gasteiger partial charge in [-0.05, 0) is 30.0 Å². The van der Waals surface area contributed by atoms with Gasteiger partial charge in [-0.25, -0.2) is 12.8 Å². The average molecular weight is 356 g/mol. The Bertz CT molecular complexity index is 627. The molecule has 0 aromatic heterocycles. The van der Waals surface area contributed by atoms with E-state index < -0.39 is 15.8 Å². The maximum Gasteiger partial charge on any atom is 0.243 e. The molecule has 1 aromatic carbocycles. The zero-order chi connectivity index (χ0) is 16.6. The van der Waals surface area contributed by atoms with Gasteiger partial charge in [0.1, 0.15) is 5.82 Å². The summed E-state index contributed by atoms with van der Waals surface area (Å²) >= 11 is 11.4. The van der Waals surface area contributed by atoms with E-state index in [0.29, 0.717) is 0 Å². The predicted octanol–water partition coefficient (Wildman–Crippen LogP) is 4.27. The van der Waals surface area contributed by atoms with Gasteiger partial charge in [-0.1, -0.05) is 32.4 Å². The summed E-state index contributed by atoms with van der Waals surface area (Å²) < 4.78 is 40.3. The van der Waals surface area contributed by atoms with Crippen LogP contribution < -0.4 is 0 Å². The lowest BCUT2D eigenvalue weighted by molar-refractivity contribution is 0.216. The van der Waals surface area contributed by atoms with Gasteiger partial charge in [-0.15, -0.1) is 11.6 Å². The number of benzene rings is 1. The van der Waals surface area contributed by atoms with Crippen molar-refractivity contribution in [3.05, 3.63) is 28.5 Å². The quantitative estimate of drug-likeness (QED) is 0.756. The molecule has 0 amide bonds. The van der Waals surface area contributed by atoms with Crippen LogP contribution >= 0.6 is 23.2 Å². The van der Waals surface area contributed by atoms with Crippen LogP contribution in [0.15, 0.2) is 17.0 Å². The smallest absolute Gasteiger partial charge is 0.207 e. The van der Waals surface area contributed by atoms with Crippen LogP contribution in [0.1, 0.15) is 33.3 Å². The minimum Gasteiger partial charge on any atom is -0.207 e. The highest BCUT2D eigenvalue weighted by Crippen LogP contribution is 2.30. The van der Waals surface area contributed by atoms with Crippen LogP contribution in [0.2, 0.25) is 5.02 Å². The Balaban J connectivity index is 3.35. The minimum atomic E-state index is -3.82. The van der Waals surface area contributed by atoms with E-state index in [1.54, 1.807) is 0 Å². The molecule has 0 fully saturated rings. The van der Waals surface area contributed by atoms with E-state index in [4.69, 9.17) is 23.2 Å². The summed E-state index contributed by atoms with van der Waals surface area (Å²) in [6, 6.07) is 1.99. The molecule has 0 spiro atoms. The summed E-state index contributed by atoms with van der Waals surface area (Å²) in [4.78, 5) is -0.140. The van der Waals surface area contributed by atoms with Crippen molar-refractivity contribution in [1.29, 1.82) is 0 Å². The number of nitrogens with zero attached hydrogens (tertiary/aromatic N) is 1. The van der Waals surface area contributed by atoms with Crippen molar-refractivity contribution in [3.8, 4) is 0 Å². The van der Waals surface area contributed by atoms with Crippen molar-refractivity contribution in [1.82, 2.24) is 4.31 Å². The Kier molecular flexibility index (Phi) is 5.70. The van der Waals surface area contributed by atoms with Crippen LogP contribution in [0.25, 0.3) is 0 Å². The van der Waals surface area contributed by atoms with E-state index in [2.05, 4.69) is 0 Å². The number of hydrogen-bond donors (Lipinski definition) is 0. The minimum absolute atomic E-state index is 0.0579. The lowest BCUT2D eigenvalue weighted by atomic mass is 9.88. The highest BCUT2D eigenvalue weighted by Gasteiger charge is 2.33. The van der Waals surface area contributed by atoms with Crippen LogP contribution in [-0.4, -0.2) is 25.8 Å². The Hall–Kier alpha value is -0.360. The summed E-state index contributed by atoms with van der Waals surface area (Å²) in [7, 11) is -2.33. The van der Waals surface area contributed by atoms with Crippen molar-refractivity contribution in [2.24, 2.45) is 5.41 Å². The molecule has 3 nitrogen and oxygen atoms in total. The van der Waals surface area contributed by atoms with Crippen molar-refractivity contribution in [3.63, 3.8) is 0 Å². The molecule has 120 valence electrons. The second-order valence-electron chi connectivity index (χ2n) is 6.08.